The first-order valence-electron chi connectivity index (χ1n) is 13.0. The van der Waals surface area contributed by atoms with Gasteiger partial charge in [0.2, 0.25) is 0 Å². The highest BCUT2D eigenvalue weighted by Gasteiger charge is 2.60. The topological polar surface area (TPSA) is 50.1 Å². The number of pyridine rings is 1. The molecule has 3 fully saturated rings. The van der Waals surface area contributed by atoms with Crippen LogP contribution in [-0.2, 0) is 13.1 Å². The van der Waals surface area contributed by atoms with Gasteiger partial charge in [-0.3, -0.25) is 9.47 Å². The van der Waals surface area contributed by atoms with E-state index in [4.69, 9.17) is 11.6 Å². The van der Waals surface area contributed by atoms with Crippen molar-refractivity contribution in [2.24, 2.45) is 10.8 Å². The maximum absolute atomic E-state index is 14.2. The summed E-state index contributed by atoms with van der Waals surface area (Å²) in [4.78, 5) is 7.82. The Balaban J connectivity index is 1.11. The van der Waals surface area contributed by atoms with Crippen molar-refractivity contribution in [2.75, 3.05) is 18.0 Å². The zero-order valence-corrected chi connectivity index (χ0v) is 21.9. The van der Waals surface area contributed by atoms with Crippen LogP contribution in [0.2, 0.25) is 5.02 Å². The molecular weight excluding hydrogens is 539 g/mol. The van der Waals surface area contributed by atoms with E-state index in [-0.39, 0.29) is 36.0 Å². The largest absolute Gasteiger partial charge is 0.394 e. The minimum absolute atomic E-state index is 0.0210. The Kier molecular flexibility index (Phi) is 5.40. The third-order valence-corrected chi connectivity index (χ3v) is 9.43. The molecule has 0 unspecified atom stereocenters. The molecule has 0 N–H and O–H groups in total. The number of anilines is 1. The highest BCUT2D eigenvalue weighted by atomic mass is 35.5. The molecule has 0 amide bonds. The SMILES string of the molecule is CC1(C(F)(F)F)CC(N2Cc3cc(Cl)ccc3-n3c(nnc3C3CC4(C3)CN(c3ncc(F)cc3F)C4)C2)C1. The molecule has 39 heavy (non-hydrogen) atoms. The molecular formula is C27H26ClF5N6. The molecule has 3 aromatic rings. The van der Waals surface area contributed by atoms with E-state index in [1.807, 2.05) is 23.1 Å². The van der Waals surface area contributed by atoms with Gasteiger partial charge in [0.1, 0.15) is 11.6 Å². The Morgan fingerprint density at radius 1 is 1.00 bits per heavy atom. The first-order valence-corrected chi connectivity index (χ1v) is 13.4. The lowest BCUT2D eigenvalue weighted by molar-refractivity contribution is -0.258. The first kappa shape index (κ1) is 25.2. The molecule has 2 saturated carbocycles. The predicted molar refractivity (Wildman–Crippen MR) is 134 cm³/mol. The highest BCUT2D eigenvalue weighted by molar-refractivity contribution is 6.30. The lowest BCUT2D eigenvalue weighted by atomic mass is 9.57. The fourth-order valence-corrected chi connectivity index (χ4v) is 7.22. The quantitative estimate of drug-likeness (QED) is 0.364. The van der Waals surface area contributed by atoms with Gasteiger partial charge in [-0.25, -0.2) is 13.8 Å². The summed E-state index contributed by atoms with van der Waals surface area (Å²) < 4.78 is 70.1. The maximum atomic E-state index is 14.2. The van der Waals surface area contributed by atoms with Gasteiger partial charge in [0.05, 0.1) is 23.8 Å². The molecule has 4 heterocycles. The number of nitrogens with zero attached hydrogens (tertiary/aromatic N) is 6. The molecule has 2 aliphatic heterocycles. The molecule has 1 saturated heterocycles. The maximum Gasteiger partial charge on any atom is 0.394 e. The van der Waals surface area contributed by atoms with Crippen LogP contribution in [0.1, 0.15) is 55.7 Å². The first-order chi connectivity index (χ1) is 18.4. The lowest BCUT2D eigenvalue weighted by Crippen LogP contribution is -2.62. The van der Waals surface area contributed by atoms with E-state index < -0.39 is 23.2 Å². The van der Waals surface area contributed by atoms with Crippen molar-refractivity contribution in [1.82, 2.24) is 24.6 Å². The van der Waals surface area contributed by atoms with Gasteiger partial charge >= 0.3 is 6.18 Å². The van der Waals surface area contributed by atoms with Crippen LogP contribution in [0.3, 0.4) is 0 Å². The molecule has 2 aromatic heterocycles. The van der Waals surface area contributed by atoms with Gasteiger partial charge in [0, 0.05) is 48.1 Å². The summed E-state index contributed by atoms with van der Waals surface area (Å²) in [6.45, 7) is 3.46. The second-order valence-corrected chi connectivity index (χ2v) is 12.5. The summed E-state index contributed by atoms with van der Waals surface area (Å²) in [6, 6.07) is 6.26. The number of halogens is 6. The number of benzene rings is 1. The molecule has 2 aliphatic carbocycles. The molecule has 0 radical (unpaired) electrons. The Morgan fingerprint density at radius 2 is 1.74 bits per heavy atom. The minimum atomic E-state index is -4.22. The van der Waals surface area contributed by atoms with Crippen LogP contribution in [0.5, 0.6) is 0 Å². The van der Waals surface area contributed by atoms with Crippen molar-refractivity contribution in [3.63, 3.8) is 0 Å². The Morgan fingerprint density at radius 3 is 2.44 bits per heavy atom. The van der Waals surface area contributed by atoms with Crippen molar-refractivity contribution < 1.29 is 22.0 Å². The van der Waals surface area contributed by atoms with Crippen LogP contribution in [0, 0.1) is 22.5 Å². The van der Waals surface area contributed by atoms with E-state index >= 15 is 0 Å². The lowest BCUT2D eigenvalue weighted by Gasteiger charge is -2.59. The van der Waals surface area contributed by atoms with Gasteiger partial charge < -0.3 is 4.90 Å². The fourth-order valence-electron chi connectivity index (χ4n) is 7.02. The molecule has 12 heteroatoms. The van der Waals surface area contributed by atoms with Crippen molar-refractivity contribution in [3.8, 4) is 5.69 Å². The van der Waals surface area contributed by atoms with Crippen molar-refractivity contribution >= 4 is 17.4 Å². The highest BCUT2D eigenvalue weighted by Crippen LogP contribution is 2.57. The summed E-state index contributed by atoms with van der Waals surface area (Å²) in [6.07, 6.45) is -1.39. The number of hydrogen-bond acceptors (Lipinski definition) is 5. The van der Waals surface area contributed by atoms with Crippen LogP contribution in [0.4, 0.5) is 27.8 Å². The minimum Gasteiger partial charge on any atom is -0.353 e. The summed E-state index contributed by atoms with van der Waals surface area (Å²) >= 11 is 6.33. The second kappa shape index (κ2) is 8.36. The Bertz CT molecular complexity index is 1450. The van der Waals surface area contributed by atoms with Gasteiger partial charge in [-0.05, 0) is 49.4 Å². The number of alkyl halides is 3. The Labute approximate surface area is 226 Å². The van der Waals surface area contributed by atoms with Crippen LogP contribution in [0.15, 0.2) is 30.5 Å². The van der Waals surface area contributed by atoms with E-state index in [0.717, 1.165) is 42.2 Å². The normalized spacial score (nSPS) is 26.3. The zero-order valence-electron chi connectivity index (χ0n) is 21.1. The standard InChI is InChI=1S/C27H26ClF5N6/c1-25(27(31,32)33)8-19(9-25)37-11-15-4-17(28)2-3-21(15)39-22(12-37)35-36-23(39)16-6-26(7-16)13-38(14-26)24-20(30)5-18(29)10-34-24/h2-5,10,16,19H,6-9,11-14H2,1H3. The smallest absolute Gasteiger partial charge is 0.353 e. The molecule has 0 atom stereocenters. The zero-order chi connectivity index (χ0) is 27.3. The summed E-state index contributed by atoms with van der Waals surface area (Å²) in [7, 11) is 0. The van der Waals surface area contributed by atoms with Gasteiger partial charge in [0.15, 0.2) is 17.5 Å². The second-order valence-electron chi connectivity index (χ2n) is 12.0. The van der Waals surface area contributed by atoms with E-state index in [0.29, 0.717) is 37.0 Å². The van der Waals surface area contributed by atoms with Crippen LogP contribution in [0.25, 0.3) is 5.69 Å². The number of fused-ring (bicyclic) bond motifs is 3. The van der Waals surface area contributed by atoms with Crippen LogP contribution >= 0.6 is 11.6 Å². The average Bonchev–Trinajstić information content (AvgIpc) is 3.10. The summed E-state index contributed by atoms with van der Waals surface area (Å²) in [5, 5.41) is 9.63. The number of rotatable bonds is 3. The van der Waals surface area contributed by atoms with Crippen molar-refractivity contribution in [2.45, 2.75) is 63.8 Å². The van der Waals surface area contributed by atoms with Crippen LogP contribution < -0.4 is 4.90 Å². The fraction of sp³-hybridized carbons (Fsp3) is 0.519. The van der Waals surface area contributed by atoms with Crippen molar-refractivity contribution in [3.05, 3.63) is 64.3 Å². The number of hydrogen-bond donors (Lipinski definition) is 0. The monoisotopic (exact) mass is 564 g/mol. The molecule has 4 aliphatic rings. The third kappa shape index (κ3) is 3.95. The molecule has 206 valence electrons. The summed E-state index contributed by atoms with van der Waals surface area (Å²) in [5.41, 5.74) is 0.198. The molecule has 0 bridgehead atoms. The molecule has 1 aromatic carbocycles. The van der Waals surface area contributed by atoms with E-state index in [2.05, 4.69) is 24.6 Å². The van der Waals surface area contributed by atoms with Gasteiger partial charge in [-0.15, -0.1) is 10.2 Å². The molecule has 6 nitrogen and oxygen atoms in total. The number of aromatic nitrogens is 4. The van der Waals surface area contributed by atoms with E-state index in [1.165, 1.54) is 6.92 Å². The van der Waals surface area contributed by atoms with Gasteiger partial charge in [-0.1, -0.05) is 18.5 Å². The van der Waals surface area contributed by atoms with Gasteiger partial charge in [0.25, 0.3) is 0 Å². The predicted octanol–water partition coefficient (Wildman–Crippen LogP) is 6.02. The average molecular weight is 565 g/mol. The third-order valence-electron chi connectivity index (χ3n) is 9.19. The van der Waals surface area contributed by atoms with Gasteiger partial charge in [-0.2, -0.15) is 13.2 Å². The Hall–Kier alpha value is -2.79. The van der Waals surface area contributed by atoms with Crippen molar-refractivity contribution in [1.29, 1.82) is 0 Å². The summed E-state index contributed by atoms with van der Waals surface area (Å²) in [5.74, 6) is 0.497. The van der Waals surface area contributed by atoms with Crippen LogP contribution in [-0.4, -0.2) is 50.0 Å². The van der Waals surface area contributed by atoms with E-state index in [1.54, 1.807) is 0 Å². The van der Waals surface area contributed by atoms with E-state index in [9.17, 15) is 22.0 Å². The molecule has 7 rings (SSSR count). The molecule has 1 spiro atoms.